The average molecular weight is 203 g/mol. The van der Waals surface area contributed by atoms with Crippen LogP contribution >= 0.6 is 0 Å². The van der Waals surface area contributed by atoms with Gasteiger partial charge in [0.2, 0.25) is 0 Å². The van der Waals surface area contributed by atoms with Crippen LogP contribution in [-0.4, -0.2) is 13.7 Å². The molecule has 78 valence electrons. The molecule has 0 aromatic heterocycles. The molecule has 2 rings (SSSR count). The molecule has 0 radical (unpaired) electrons. The van der Waals surface area contributed by atoms with Gasteiger partial charge in [-0.1, -0.05) is 0 Å². The Bertz CT molecular complexity index is 407. The summed E-state index contributed by atoms with van der Waals surface area (Å²) in [6.07, 6.45) is 3.41. The van der Waals surface area contributed by atoms with E-state index in [0.717, 1.165) is 18.6 Å². The zero-order valence-electron chi connectivity index (χ0n) is 8.75. The molecule has 0 saturated carbocycles. The SMILES string of the molecule is COc1cc2c(cc1OCC#N)CCC2. The van der Waals surface area contributed by atoms with Crippen molar-refractivity contribution in [2.45, 2.75) is 19.3 Å². The second kappa shape index (κ2) is 4.22. The topological polar surface area (TPSA) is 42.2 Å². The summed E-state index contributed by atoms with van der Waals surface area (Å²) in [5.41, 5.74) is 2.67. The fraction of sp³-hybridized carbons (Fsp3) is 0.417. The molecule has 0 N–H and O–H groups in total. The van der Waals surface area contributed by atoms with E-state index in [4.69, 9.17) is 14.7 Å². The quantitative estimate of drug-likeness (QED) is 0.755. The molecular weight excluding hydrogens is 190 g/mol. The number of benzene rings is 1. The van der Waals surface area contributed by atoms with E-state index in [1.807, 2.05) is 18.2 Å². The van der Waals surface area contributed by atoms with Crippen molar-refractivity contribution < 1.29 is 9.47 Å². The van der Waals surface area contributed by atoms with Crippen molar-refractivity contribution in [2.24, 2.45) is 0 Å². The maximum Gasteiger partial charge on any atom is 0.174 e. The zero-order valence-corrected chi connectivity index (χ0v) is 8.75. The summed E-state index contributed by atoms with van der Waals surface area (Å²) in [5.74, 6) is 1.41. The van der Waals surface area contributed by atoms with Crippen molar-refractivity contribution in [3.05, 3.63) is 23.3 Å². The smallest absolute Gasteiger partial charge is 0.174 e. The van der Waals surface area contributed by atoms with Gasteiger partial charge in [0.05, 0.1) is 7.11 Å². The molecule has 3 nitrogen and oxygen atoms in total. The van der Waals surface area contributed by atoms with E-state index in [1.165, 1.54) is 17.5 Å². The first kappa shape index (κ1) is 9.85. The Balaban J connectivity index is 2.32. The Hall–Kier alpha value is -1.69. The molecule has 1 aliphatic rings. The van der Waals surface area contributed by atoms with E-state index in [9.17, 15) is 0 Å². The summed E-state index contributed by atoms with van der Waals surface area (Å²) in [5, 5.41) is 8.47. The van der Waals surface area contributed by atoms with Crippen LogP contribution in [0.2, 0.25) is 0 Å². The van der Waals surface area contributed by atoms with Gasteiger partial charge in [0.15, 0.2) is 18.1 Å². The largest absolute Gasteiger partial charge is 0.493 e. The van der Waals surface area contributed by atoms with Gasteiger partial charge in [-0.2, -0.15) is 5.26 Å². The molecule has 0 spiro atoms. The molecule has 0 saturated heterocycles. The molecule has 3 heteroatoms. The summed E-state index contributed by atoms with van der Waals surface area (Å²) in [7, 11) is 1.62. The number of aryl methyl sites for hydroxylation is 2. The molecular formula is C12H13NO2. The van der Waals surface area contributed by atoms with Crippen molar-refractivity contribution in [1.29, 1.82) is 5.26 Å². The minimum absolute atomic E-state index is 0.0646. The number of nitriles is 1. The Morgan fingerprint density at radius 3 is 2.53 bits per heavy atom. The zero-order chi connectivity index (χ0) is 10.7. The number of hydrogen-bond donors (Lipinski definition) is 0. The first-order valence-electron chi connectivity index (χ1n) is 5.04. The van der Waals surface area contributed by atoms with Crippen LogP contribution in [0.4, 0.5) is 0 Å². The van der Waals surface area contributed by atoms with Gasteiger partial charge in [-0.15, -0.1) is 0 Å². The van der Waals surface area contributed by atoms with Gasteiger partial charge in [-0.3, -0.25) is 0 Å². The lowest BCUT2D eigenvalue weighted by Crippen LogP contribution is -1.98. The van der Waals surface area contributed by atoms with Crippen molar-refractivity contribution in [2.75, 3.05) is 13.7 Å². The molecule has 0 unspecified atom stereocenters. The van der Waals surface area contributed by atoms with E-state index in [1.54, 1.807) is 7.11 Å². The normalized spacial score (nSPS) is 13.1. The van der Waals surface area contributed by atoms with Crippen LogP contribution in [0, 0.1) is 11.3 Å². The average Bonchev–Trinajstić information content (AvgIpc) is 2.71. The van der Waals surface area contributed by atoms with E-state index >= 15 is 0 Å². The van der Waals surface area contributed by atoms with Gasteiger partial charge in [-0.05, 0) is 42.5 Å². The summed E-state index contributed by atoms with van der Waals surface area (Å²) >= 11 is 0. The predicted octanol–water partition coefficient (Wildman–Crippen LogP) is 2.09. The van der Waals surface area contributed by atoms with Crippen molar-refractivity contribution >= 4 is 0 Å². The van der Waals surface area contributed by atoms with Gasteiger partial charge in [0, 0.05) is 0 Å². The molecule has 1 aliphatic carbocycles. The van der Waals surface area contributed by atoms with Crippen molar-refractivity contribution in [3.63, 3.8) is 0 Å². The first-order valence-corrected chi connectivity index (χ1v) is 5.04. The number of hydrogen-bond acceptors (Lipinski definition) is 3. The van der Waals surface area contributed by atoms with E-state index < -0.39 is 0 Å². The maximum absolute atomic E-state index is 8.47. The predicted molar refractivity (Wildman–Crippen MR) is 56.1 cm³/mol. The second-order valence-electron chi connectivity index (χ2n) is 3.57. The monoisotopic (exact) mass is 203 g/mol. The molecule has 0 atom stereocenters. The van der Waals surface area contributed by atoms with Crippen LogP contribution in [0.3, 0.4) is 0 Å². The van der Waals surface area contributed by atoms with Crippen molar-refractivity contribution in [3.8, 4) is 17.6 Å². The minimum atomic E-state index is 0.0646. The molecule has 0 fully saturated rings. The third-order valence-corrected chi connectivity index (χ3v) is 2.67. The van der Waals surface area contributed by atoms with Crippen LogP contribution in [0.25, 0.3) is 0 Å². The fourth-order valence-electron chi connectivity index (χ4n) is 1.96. The summed E-state index contributed by atoms with van der Waals surface area (Å²) < 4.78 is 10.5. The van der Waals surface area contributed by atoms with E-state index in [2.05, 4.69) is 0 Å². The first-order chi connectivity index (χ1) is 7.35. The highest BCUT2D eigenvalue weighted by Gasteiger charge is 2.15. The lowest BCUT2D eigenvalue weighted by Gasteiger charge is -2.10. The lowest BCUT2D eigenvalue weighted by molar-refractivity contribution is 0.329. The van der Waals surface area contributed by atoms with Gasteiger partial charge < -0.3 is 9.47 Å². The number of fused-ring (bicyclic) bond motifs is 1. The summed E-state index contributed by atoms with van der Waals surface area (Å²) in [4.78, 5) is 0. The molecule has 1 aromatic rings. The number of nitrogens with zero attached hydrogens (tertiary/aromatic N) is 1. The maximum atomic E-state index is 8.47. The number of ether oxygens (including phenoxy) is 2. The third kappa shape index (κ3) is 1.89. The minimum Gasteiger partial charge on any atom is -0.493 e. The van der Waals surface area contributed by atoms with Gasteiger partial charge in [-0.25, -0.2) is 0 Å². The van der Waals surface area contributed by atoms with Crippen LogP contribution in [0.1, 0.15) is 17.5 Å². The van der Waals surface area contributed by atoms with Crippen LogP contribution in [0.5, 0.6) is 11.5 Å². The Labute approximate surface area is 89.2 Å². The highest BCUT2D eigenvalue weighted by Crippen LogP contribution is 2.34. The highest BCUT2D eigenvalue weighted by atomic mass is 16.5. The second-order valence-corrected chi connectivity index (χ2v) is 3.57. The Kier molecular flexibility index (Phi) is 2.77. The van der Waals surface area contributed by atoms with E-state index in [-0.39, 0.29) is 6.61 Å². The lowest BCUT2D eigenvalue weighted by atomic mass is 10.1. The number of methoxy groups -OCH3 is 1. The molecule has 15 heavy (non-hydrogen) atoms. The van der Waals surface area contributed by atoms with Crippen LogP contribution in [0.15, 0.2) is 12.1 Å². The van der Waals surface area contributed by atoms with Crippen LogP contribution < -0.4 is 9.47 Å². The molecule has 0 amide bonds. The van der Waals surface area contributed by atoms with Crippen LogP contribution in [-0.2, 0) is 12.8 Å². The van der Waals surface area contributed by atoms with E-state index in [0.29, 0.717) is 5.75 Å². The Morgan fingerprint density at radius 2 is 1.93 bits per heavy atom. The van der Waals surface area contributed by atoms with Crippen molar-refractivity contribution in [1.82, 2.24) is 0 Å². The molecule has 0 heterocycles. The highest BCUT2D eigenvalue weighted by molar-refractivity contribution is 5.49. The fourth-order valence-corrected chi connectivity index (χ4v) is 1.96. The third-order valence-electron chi connectivity index (χ3n) is 2.67. The molecule has 1 aromatic carbocycles. The summed E-state index contributed by atoms with van der Waals surface area (Å²) in [6, 6.07) is 5.98. The molecule has 0 bridgehead atoms. The van der Waals surface area contributed by atoms with Gasteiger partial charge in [0.1, 0.15) is 6.07 Å². The summed E-state index contributed by atoms with van der Waals surface area (Å²) in [6.45, 7) is 0.0646. The van der Waals surface area contributed by atoms with Gasteiger partial charge >= 0.3 is 0 Å². The Morgan fingerprint density at radius 1 is 1.27 bits per heavy atom. The van der Waals surface area contributed by atoms with Gasteiger partial charge in [0.25, 0.3) is 0 Å². The standard InChI is InChI=1S/C12H13NO2/c1-14-11-7-9-3-2-4-10(9)8-12(11)15-6-5-13/h7-8H,2-4,6H2,1H3. The number of rotatable bonds is 3. The molecule has 0 aliphatic heterocycles.